The molecule has 1 aromatic heterocycles. The Hall–Kier alpha value is -3.42. The zero-order valence-electron chi connectivity index (χ0n) is 20.6. The summed E-state index contributed by atoms with van der Waals surface area (Å²) >= 11 is 0. The summed E-state index contributed by atoms with van der Waals surface area (Å²) in [4.78, 5) is 24.4. The predicted molar refractivity (Wildman–Crippen MR) is 143 cm³/mol. The van der Waals surface area contributed by atoms with Gasteiger partial charge in [0.2, 0.25) is 5.91 Å². The first-order chi connectivity index (χ1) is 17.7. The highest BCUT2D eigenvalue weighted by atomic mass is 16.3. The molecule has 4 heterocycles. The number of nitrogens with zero attached hydrogens (tertiary/aromatic N) is 4. The van der Waals surface area contributed by atoms with Crippen molar-refractivity contribution in [3.8, 4) is 11.1 Å². The number of benzene rings is 2. The lowest BCUT2D eigenvalue weighted by Gasteiger charge is -2.40. The molecule has 3 aliphatic rings. The van der Waals surface area contributed by atoms with Crippen LogP contribution < -0.4 is 15.1 Å². The molecular weight excluding hydrogens is 450 g/mol. The number of carbonyl (C=O) groups excluding carboxylic acids is 1. The minimum Gasteiger partial charge on any atom is -0.392 e. The number of nitrogens with one attached hydrogen (secondary N) is 1. The summed E-state index contributed by atoms with van der Waals surface area (Å²) in [5, 5.41) is 12.8. The third-order valence-electron chi connectivity index (χ3n) is 7.77. The molecule has 0 aliphatic carbocycles. The summed E-state index contributed by atoms with van der Waals surface area (Å²) in [6.45, 7) is 5.69. The van der Waals surface area contributed by atoms with Crippen molar-refractivity contribution >= 4 is 23.1 Å². The van der Waals surface area contributed by atoms with Crippen molar-refractivity contribution in [1.29, 1.82) is 0 Å². The van der Waals surface area contributed by atoms with Gasteiger partial charge in [-0.1, -0.05) is 36.4 Å². The first kappa shape index (κ1) is 23.0. The number of aromatic nitrogens is 1. The Balaban J connectivity index is 1.08. The first-order valence-corrected chi connectivity index (χ1v) is 13.0. The molecule has 0 unspecified atom stereocenters. The second-order valence-corrected chi connectivity index (χ2v) is 10.0. The van der Waals surface area contributed by atoms with E-state index in [0.717, 1.165) is 92.3 Å². The third-order valence-corrected chi connectivity index (χ3v) is 7.77. The minimum atomic E-state index is -0.0591. The fourth-order valence-corrected chi connectivity index (χ4v) is 5.80. The van der Waals surface area contributed by atoms with E-state index in [0.29, 0.717) is 0 Å². The molecule has 7 heteroatoms. The van der Waals surface area contributed by atoms with Crippen LogP contribution in [0.3, 0.4) is 0 Å². The summed E-state index contributed by atoms with van der Waals surface area (Å²) in [5.41, 5.74) is 6.40. The van der Waals surface area contributed by atoms with Gasteiger partial charge in [-0.15, -0.1) is 0 Å². The monoisotopic (exact) mass is 483 g/mol. The van der Waals surface area contributed by atoms with Gasteiger partial charge in [0.25, 0.3) is 0 Å². The van der Waals surface area contributed by atoms with Crippen molar-refractivity contribution in [3.05, 3.63) is 71.9 Å². The molecule has 0 saturated carbocycles. The Morgan fingerprint density at radius 1 is 0.972 bits per heavy atom. The second kappa shape index (κ2) is 9.91. The molecule has 36 heavy (non-hydrogen) atoms. The van der Waals surface area contributed by atoms with E-state index < -0.39 is 0 Å². The quantitative estimate of drug-likeness (QED) is 0.574. The number of aliphatic hydroxyl groups is 1. The van der Waals surface area contributed by atoms with Crippen LogP contribution >= 0.6 is 0 Å². The summed E-state index contributed by atoms with van der Waals surface area (Å²) in [7, 11) is 0. The molecule has 0 spiro atoms. The average molecular weight is 484 g/mol. The maximum atomic E-state index is 12.6. The Labute approximate surface area is 212 Å². The fourth-order valence-electron chi connectivity index (χ4n) is 5.80. The lowest BCUT2D eigenvalue weighted by atomic mass is 9.99. The highest BCUT2D eigenvalue weighted by molar-refractivity contribution is 6.02. The lowest BCUT2D eigenvalue weighted by Crippen LogP contribution is -2.51. The van der Waals surface area contributed by atoms with E-state index in [-0.39, 0.29) is 18.6 Å². The number of piperazine rings is 1. The zero-order valence-corrected chi connectivity index (χ0v) is 20.6. The van der Waals surface area contributed by atoms with Crippen LogP contribution in [-0.2, 0) is 17.9 Å². The predicted octanol–water partition coefficient (Wildman–Crippen LogP) is 3.87. The van der Waals surface area contributed by atoms with Gasteiger partial charge in [0.05, 0.1) is 12.3 Å². The van der Waals surface area contributed by atoms with Gasteiger partial charge < -0.3 is 20.2 Å². The molecular formula is C29H33N5O2. The van der Waals surface area contributed by atoms with Gasteiger partial charge in [0, 0.05) is 51.2 Å². The number of carbonyl (C=O) groups is 1. The van der Waals surface area contributed by atoms with Crippen molar-refractivity contribution in [1.82, 2.24) is 9.88 Å². The molecule has 1 amide bonds. The number of piperidine rings is 1. The standard InChI is InChI=1S/C29H33N5O2/c35-20-23-5-1-2-6-25(23)22-8-10-24(11-9-22)33-15-13-32(14-16-33)19-21-17-26-28(30-18-21)34-12-4-3-7-27(34)29(36)31-26/h1-2,5-6,8-11,17-18,27,35H,3-4,7,12-16,19-20H2,(H,31,36)/t27-/m0/s1. The molecule has 2 saturated heterocycles. The molecule has 0 radical (unpaired) electrons. The van der Waals surface area contributed by atoms with Crippen molar-refractivity contribution in [2.24, 2.45) is 0 Å². The van der Waals surface area contributed by atoms with Crippen molar-refractivity contribution < 1.29 is 9.90 Å². The summed E-state index contributed by atoms with van der Waals surface area (Å²) in [5.74, 6) is 1.04. The minimum absolute atomic E-state index is 0.0464. The average Bonchev–Trinajstić information content (AvgIpc) is 2.94. The maximum Gasteiger partial charge on any atom is 0.247 e. The fraction of sp³-hybridized carbons (Fsp3) is 0.379. The molecule has 2 N–H and O–H groups in total. The summed E-state index contributed by atoms with van der Waals surface area (Å²) in [6.07, 6.45) is 5.13. The number of anilines is 3. The van der Waals surface area contributed by atoms with Crippen LogP contribution in [0.15, 0.2) is 60.8 Å². The van der Waals surface area contributed by atoms with E-state index in [2.05, 4.69) is 56.4 Å². The van der Waals surface area contributed by atoms with Crippen LogP contribution in [0, 0.1) is 0 Å². The summed E-state index contributed by atoms with van der Waals surface area (Å²) in [6, 6.07) is 18.7. The summed E-state index contributed by atoms with van der Waals surface area (Å²) < 4.78 is 0. The normalized spacial score (nSPS) is 20.0. The number of fused-ring (bicyclic) bond motifs is 3. The van der Waals surface area contributed by atoms with Crippen molar-refractivity contribution in [2.45, 2.75) is 38.5 Å². The number of aliphatic hydroxyl groups excluding tert-OH is 1. The van der Waals surface area contributed by atoms with Gasteiger partial charge >= 0.3 is 0 Å². The molecule has 1 atom stereocenters. The van der Waals surface area contributed by atoms with Gasteiger partial charge in [0.1, 0.15) is 6.04 Å². The van der Waals surface area contributed by atoms with Gasteiger partial charge in [-0.05, 0) is 59.7 Å². The van der Waals surface area contributed by atoms with E-state index in [9.17, 15) is 9.90 Å². The van der Waals surface area contributed by atoms with E-state index in [1.165, 1.54) is 5.69 Å². The zero-order chi connectivity index (χ0) is 24.5. The Kier molecular flexibility index (Phi) is 6.34. The van der Waals surface area contributed by atoms with Crippen LogP contribution in [0.4, 0.5) is 17.2 Å². The highest BCUT2D eigenvalue weighted by Crippen LogP contribution is 2.35. The van der Waals surface area contributed by atoms with Gasteiger partial charge in [-0.3, -0.25) is 9.69 Å². The second-order valence-electron chi connectivity index (χ2n) is 10.0. The number of rotatable bonds is 5. The van der Waals surface area contributed by atoms with E-state index >= 15 is 0 Å². The third kappa shape index (κ3) is 4.45. The molecule has 0 bridgehead atoms. The van der Waals surface area contributed by atoms with Crippen LogP contribution in [0.2, 0.25) is 0 Å². The Morgan fingerprint density at radius 2 is 1.78 bits per heavy atom. The van der Waals surface area contributed by atoms with E-state index in [1.807, 2.05) is 24.4 Å². The lowest BCUT2D eigenvalue weighted by molar-refractivity contribution is -0.118. The topological polar surface area (TPSA) is 71.9 Å². The van der Waals surface area contributed by atoms with Crippen LogP contribution in [0.1, 0.15) is 30.4 Å². The molecule has 2 aromatic carbocycles. The van der Waals surface area contributed by atoms with Gasteiger partial charge in [-0.2, -0.15) is 0 Å². The van der Waals surface area contributed by atoms with Gasteiger partial charge in [0.15, 0.2) is 5.82 Å². The smallest absolute Gasteiger partial charge is 0.247 e. The van der Waals surface area contributed by atoms with E-state index in [1.54, 1.807) is 0 Å². The van der Waals surface area contributed by atoms with Gasteiger partial charge in [-0.25, -0.2) is 4.98 Å². The first-order valence-electron chi connectivity index (χ1n) is 13.0. The highest BCUT2D eigenvalue weighted by Gasteiger charge is 2.35. The van der Waals surface area contributed by atoms with Crippen LogP contribution in [0.5, 0.6) is 0 Å². The van der Waals surface area contributed by atoms with E-state index in [4.69, 9.17) is 4.98 Å². The Morgan fingerprint density at radius 3 is 2.58 bits per heavy atom. The largest absolute Gasteiger partial charge is 0.392 e. The number of hydrogen-bond donors (Lipinski definition) is 2. The van der Waals surface area contributed by atoms with Crippen LogP contribution in [-0.4, -0.2) is 59.7 Å². The van der Waals surface area contributed by atoms with Crippen LogP contribution in [0.25, 0.3) is 11.1 Å². The molecule has 7 nitrogen and oxygen atoms in total. The maximum absolute atomic E-state index is 12.6. The Bertz CT molecular complexity index is 1240. The molecule has 2 fully saturated rings. The SMILES string of the molecule is O=C1Nc2cc(CN3CCN(c4ccc(-c5ccccc5CO)cc4)CC3)cnc2N2CCCC[C@@H]12. The van der Waals surface area contributed by atoms with Crippen molar-refractivity contribution in [2.75, 3.05) is 47.8 Å². The number of amides is 1. The molecule has 6 rings (SSSR count). The molecule has 3 aromatic rings. The van der Waals surface area contributed by atoms with Crippen molar-refractivity contribution in [3.63, 3.8) is 0 Å². The number of pyridine rings is 1. The molecule has 186 valence electrons. The molecule has 3 aliphatic heterocycles. The number of hydrogen-bond acceptors (Lipinski definition) is 6.